The van der Waals surface area contributed by atoms with Gasteiger partial charge in [-0.2, -0.15) is 0 Å². The third kappa shape index (κ3) is 5.78. The van der Waals surface area contributed by atoms with Crippen LogP contribution in [0.2, 0.25) is 0 Å². The van der Waals surface area contributed by atoms with Crippen molar-refractivity contribution in [2.75, 3.05) is 13.1 Å². The Bertz CT molecular complexity index is 356. The lowest BCUT2D eigenvalue weighted by molar-refractivity contribution is 0.394. The monoisotopic (exact) mass is 261 g/mol. The molecule has 0 heterocycles. The fourth-order valence-electron chi connectivity index (χ4n) is 2.73. The maximum atomic E-state index is 3.64. The van der Waals surface area contributed by atoms with Crippen molar-refractivity contribution >= 4 is 0 Å². The highest BCUT2D eigenvalue weighted by Crippen LogP contribution is 2.28. The Morgan fingerprint density at radius 3 is 2.42 bits per heavy atom. The Morgan fingerprint density at radius 2 is 1.84 bits per heavy atom. The van der Waals surface area contributed by atoms with E-state index in [0.29, 0.717) is 5.92 Å². The molecule has 0 aliphatic rings. The summed E-state index contributed by atoms with van der Waals surface area (Å²) in [6, 6.07) is 9.03. The van der Waals surface area contributed by atoms with Gasteiger partial charge < -0.3 is 5.32 Å². The molecular weight excluding hydrogens is 230 g/mol. The van der Waals surface area contributed by atoms with Crippen molar-refractivity contribution in [2.45, 2.75) is 53.4 Å². The molecule has 0 saturated heterocycles. The average molecular weight is 261 g/mol. The second-order valence-corrected chi connectivity index (χ2v) is 6.34. The molecule has 1 aromatic rings. The van der Waals surface area contributed by atoms with Gasteiger partial charge in [0.2, 0.25) is 0 Å². The molecule has 1 N–H and O–H groups in total. The van der Waals surface area contributed by atoms with E-state index in [2.05, 4.69) is 64.2 Å². The van der Waals surface area contributed by atoms with Gasteiger partial charge in [-0.15, -0.1) is 0 Å². The highest BCUT2D eigenvalue weighted by atomic mass is 14.9. The van der Waals surface area contributed by atoms with E-state index in [0.717, 1.165) is 24.9 Å². The van der Waals surface area contributed by atoms with Crippen molar-refractivity contribution in [1.29, 1.82) is 0 Å². The molecule has 0 saturated carbocycles. The van der Waals surface area contributed by atoms with Crippen molar-refractivity contribution < 1.29 is 0 Å². The highest BCUT2D eigenvalue weighted by Gasteiger charge is 2.18. The third-order valence-electron chi connectivity index (χ3n) is 3.82. The van der Waals surface area contributed by atoms with Crippen LogP contribution in [0.15, 0.2) is 24.3 Å². The Hall–Kier alpha value is -0.820. The first-order valence-corrected chi connectivity index (χ1v) is 7.81. The van der Waals surface area contributed by atoms with Crippen LogP contribution in [0, 0.1) is 18.8 Å². The van der Waals surface area contributed by atoms with E-state index in [1.807, 2.05) is 0 Å². The third-order valence-corrected chi connectivity index (χ3v) is 3.82. The summed E-state index contributed by atoms with van der Waals surface area (Å²) < 4.78 is 0. The first-order valence-electron chi connectivity index (χ1n) is 7.81. The molecule has 1 heteroatoms. The summed E-state index contributed by atoms with van der Waals surface area (Å²) in [5.74, 6) is 2.10. The first-order chi connectivity index (χ1) is 9.04. The van der Waals surface area contributed by atoms with Crippen LogP contribution < -0.4 is 5.32 Å². The normalized spacial score (nSPS) is 14.6. The minimum absolute atomic E-state index is 0.638. The second kappa shape index (κ2) is 8.37. The zero-order valence-electron chi connectivity index (χ0n) is 13.4. The van der Waals surface area contributed by atoms with Gasteiger partial charge in [0.1, 0.15) is 0 Å². The quantitative estimate of drug-likeness (QED) is 0.711. The molecular formula is C18H31N. The van der Waals surface area contributed by atoms with Gasteiger partial charge >= 0.3 is 0 Å². The summed E-state index contributed by atoms with van der Waals surface area (Å²) in [5.41, 5.74) is 2.87. The van der Waals surface area contributed by atoms with E-state index in [1.165, 1.54) is 24.0 Å². The van der Waals surface area contributed by atoms with Crippen LogP contribution in [0.1, 0.15) is 57.6 Å². The molecule has 0 aliphatic heterocycles. The molecule has 0 amide bonds. The second-order valence-electron chi connectivity index (χ2n) is 6.34. The highest BCUT2D eigenvalue weighted by molar-refractivity contribution is 5.26. The van der Waals surface area contributed by atoms with Gasteiger partial charge in [-0.1, -0.05) is 70.4 Å². The molecule has 0 aliphatic carbocycles. The van der Waals surface area contributed by atoms with E-state index in [-0.39, 0.29) is 0 Å². The standard InChI is InChI=1S/C18H31N/c1-6-8-16(5)18(13-19-12-14(2)3)17-10-7-9-15(4)11-17/h7,9-11,14,16,18-19H,6,8,12-13H2,1-5H3. The Labute approximate surface area is 119 Å². The van der Waals surface area contributed by atoms with Crippen molar-refractivity contribution in [3.8, 4) is 0 Å². The van der Waals surface area contributed by atoms with Crippen LogP contribution >= 0.6 is 0 Å². The smallest absolute Gasteiger partial charge is 0.00228 e. The summed E-state index contributed by atoms with van der Waals surface area (Å²) in [6.45, 7) is 13.6. The number of hydrogen-bond acceptors (Lipinski definition) is 1. The van der Waals surface area contributed by atoms with Crippen LogP contribution in [0.4, 0.5) is 0 Å². The van der Waals surface area contributed by atoms with Gasteiger partial charge in [-0.05, 0) is 36.8 Å². The summed E-state index contributed by atoms with van der Waals surface area (Å²) >= 11 is 0. The molecule has 1 nitrogen and oxygen atoms in total. The molecule has 0 aromatic heterocycles. The molecule has 0 spiro atoms. The van der Waals surface area contributed by atoms with Crippen molar-refractivity contribution in [2.24, 2.45) is 11.8 Å². The van der Waals surface area contributed by atoms with E-state index in [1.54, 1.807) is 0 Å². The molecule has 0 radical (unpaired) electrons. The maximum Gasteiger partial charge on any atom is 0.00228 e. The van der Waals surface area contributed by atoms with E-state index < -0.39 is 0 Å². The largest absolute Gasteiger partial charge is 0.316 e. The molecule has 0 bridgehead atoms. The minimum Gasteiger partial charge on any atom is -0.316 e. The topological polar surface area (TPSA) is 12.0 Å². The summed E-state index contributed by atoms with van der Waals surface area (Å²) in [6.07, 6.45) is 2.58. The molecule has 2 atom stereocenters. The average Bonchev–Trinajstić information content (AvgIpc) is 2.34. The molecule has 0 fully saturated rings. The SMILES string of the molecule is CCCC(C)C(CNCC(C)C)c1cccc(C)c1. The molecule has 1 aromatic carbocycles. The van der Waals surface area contributed by atoms with E-state index >= 15 is 0 Å². The maximum absolute atomic E-state index is 3.64. The van der Waals surface area contributed by atoms with Crippen LogP contribution in [0.3, 0.4) is 0 Å². The number of hydrogen-bond donors (Lipinski definition) is 1. The molecule has 108 valence electrons. The van der Waals surface area contributed by atoms with Crippen molar-refractivity contribution in [3.05, 3.63) is 35.4 Å². The number of rotatable bonds is 8. The number of nitrogens with one attached hydrogen (secondary N) is 1. The lowest BCUT2D eigenvalue weighted by Gasteiger charge is -2.25. The lowest BCUT2D eigenvalue weighted by atomic mass is 9.84. The van der Waals surface area contributed by atoms with Crippen molar-refractivity contribution in [3.63, 3.8) is 0 Å². The Kier molecular flexibility index (Phi) is 7.15. The van der Waals surface area contributed by atoms with Crippen LogP contribution in [0.5, 0.6) is 0 Å². The zero-order valence-corrected chi connectivity index (χ0v) is 13.4. The Morgan fingerprint density at radius 1 is 1.11 bits per heavy atom. The van der Waals surface area contributed by atoms with Crippen LogP contribution in [0.25, 0.3) is 0 Å². The van der Waals surface area contributed by atoms with Gasteiger partial charge in [0.05, 0.1) is 0 Å². The molecule has 19 heavy (non-hydrogen) atoms. The van der Waals surface area contributed by atoms with Gasteiger partial charge in [0.15, 0.2) is 0 Å². The predicted molar refractivity (Wildman–Crippen MR) is 85.7 cm³/mol. The van der Waals surface area contributed by atoms with E-state index in [4.69, 9.17) is 0 Å². The fourth-order valence-corrected chi connectivity index (χ4v) is 2.73. The zero-order chi connectivity index (χ0) is 14.3. The molecule has 2 unspecified atom stereocenters. The minimum atomic E-state index is 0.638. The first kappa shape index (κ1) is 16.2. The number of aryl methyl sites for hydroxylation is 1. The summed E-state index contributed by atoms with van der Waals surface area (Å²) in [5, 5.41) is 3.64. The lowest BCUT2D eigenvalue weighted by Crippen LogP contribution is -2.28. The fraction of sp³-hybridized carbons (Fsp3) is 0.667. The number of benzene rings is 1. The van der Waals surface area contributed by atoms with E-state index in [9.17, 15) is 0 Å². The summed E-state index contributed by atoms with van der Waals surface area (Å²) in [4.78, 5) is 0. The van der Waals surface area contributed by atoms with Crippen LogP contribution in [-0.2, 0) is 0 Å². The van der Waals surface area contributed by atoms with Gasteiger partial charge in [-0.25, -0.2) is 0 Å². The van der Waals surface area contributed by atoms with Crippen LogP contribution in [-0.4, -0.2) is 13.1 Å². The summed E-state index contributed by atoms with van der Waals surface area (Å²) in [7, 11) is 0. The predicted octanol–water partition coefficient (Wildman–Crippen LogP) is 4.76. The van der Waals surface area contributed by atoms with Gasteiger partial charge in [-0.3, -0.25) is 0 Å². The van der Waals surface area contributed by atoms with Gasteiger partial charge in [0.25, 0.3) is 0 Å². The van der Waals surface area contributed by atoms with Gasteiger partial charge in [0, 0.05) is 6.54 Å². The molecule has 1 rings (SSSR count). The Balaban J connectivity index is 2.73. The van der Waals surface area contributed by atoms with Crippen molar-refractivity contribution in [1.82, 2.24) is 5.32 Å².